The van der Waals surface area contributed by atoms with Crippen molar-refractivity contribution in [3.8, 4) is 5.75 Å². The fourth-order valence-electron chi connectivity index (χ4n) is 1.09. The van der Waals surface area contributed by atoms with Gasteiger partial charge in [-0.15, -0.1) is 0 Å². The first-order valence-corrected chi connectivity index (χ1v) is 4.82. The molecule has 2 N–H and O–H groups in total. The summed E-state index contributed by atoms with van der Waals surface area (Å²) in [5, 5.41) is 10.5. The van der Waals surface area contributed by atoms with Gasteiger partial charge < -0.3 is 10.5 Å². The first kappa shape index (κ1) is 11.3. The van der Waals surface area contributed by atoms with Gasteiger partial charge in [-0.1, -0.05) is 13.3 Å². The Kier molecular flexibility index (Phi) is 3.91. The molecule has 5 heteroatoms. The minimum atomic E-state index is -0.466. The van der Waals surface area contributed by atoms with Crippen LogP contribution in [0.25, 0.3) is 0 Å². The van der Waals surface area contributed by atoms with E-state index in [1.165, 1.54) is 18.2 Å². The number of nitrogens with two attached hydrogens (primary N) is 1. The molecule has 15 heavy (non-hydrogen) atoms. The van der Waals surface area contributed by atoms with Crippen molar-refractivity contribution in [2.24, 2.45) is 0 Å². The molecule has 0 heterocycles. The Labute approximate surface area is 88.0 Å². The molecule has 0 saturated heterocycles. The first-order chi connectivity index (χ1) is 7.15. The molecule has 0 fully saturated rings. The lowest BCUT2D eigenvalue weighted by molar-refractivity contribution is -0.384. The summed E-state index contributed by atoms with van der Waals surface area (Å²) in [6.45, 7) is 2.57. The maximum absolute atomic E-state index is 10.5. The van der Waals surface area contributed by atoms with Gasteiger partial charge in [0, 0.05) is 6.07 Å². The van der Waals surface area contributed by atoms with E-state index in [0.29, 0.717) is 18.0 Å². The lowest BCUT2D eigenvalue weighted by Crippen LogP contribution is -2.00. The average molecular weight is 210 g/mol. The molecule has 0 aliphatic heterocycles. The molecule has 0 amide bonds. The minimum absolute atomic E-state index is 0.00398. The van der Waals surface area contributed by atoms with Crippen molar-refractivity contribution in [2.45, 2.75) is 19.8 Å². The Balaban J connectivity index is 2.76. The standard InChI is InChI=1S/C10H14N2O3/c1-2-3-6-15-10-7-8(12(13)14)4-5-9(10)11/h4-5,7H,2-3,6,11H2,1H3. The number of hydrogen-bond acceptors (Lipinski definition) is 4. The lowest BCUT2D eigenvalue weighted by atomic mass is 10.2. The summed E-state index contributed by atoms with van der Waals surface area (Å²) in [4.78, 5) is 10.0. The van der Waals surface area contributed by atoms with Crippen LogP contribution in [0.2, 0.25) is 0 Å². The monoisotopic (exact) mass is 210 g/mol. The maximum atomic E-state index is 10.5. The molecule has 0 bridgehead atoms. The van der Waals surface area contributed by atoms with E-state index >= 15 is 0 Å². The molecule has 82 valence electrons. The van der Waals surface area contributed by atoms with Crippen molar-refractivity contribution in [1.29, 1.82) is 0 Å². The lowest BCUT2D eigenvalue weighted by Gasteiger charge is -2.07. The summed E-state index contributed by atoms with van der Waals surface area (Å²) in [5.74, 6) is 0.387. The molecular weight excluding hydrogens is 196 g/mol. The van der Waals surface area contributed by atoms with Gasteiger partial charge in [-0.2, -0.15) is 0 Å². The number of nitro groups is 1. The third-order valence-electron chi connectivity index (χ3n) is 1.96. The topological polar surface area (TPSA) is 78.4 Å². The second-order valence-electron chi connectivity index (χ2n) is 3.18. The summed E-state index contributed by atoms with van der Waals surface area (Å²) in [5.41, 5.74) is 6.05. The van der Waals surface area contributed by atoms with E-state index in [1.54, 1.807) is 0 Å². The molecule has 0 radical (unpaired) electrons. The zero-order chi connectivity index (χ0) is 11.3. The maximum Gasteiger partial charge on any atom is 0.273 e. The molecule has 0 saturated carbocycles. The Bertz CT molecular complexity index is 353. The van der Waals surface area contributed by atoms with E-state index in [9.17, 15) is 10.1 Å². The largest absolute Gasteiger partial charge is 0.491 e. The number of anilines is 1. The Morgan fingerprint density at radius 1 is 1.53 bits per heavy atom. The number of hydrogen-bond donors (Lipinski definition) is 1. The van der Waals surface area contributed by atoms with E-state index in [2.05, 4.69) is 0 Å². The van der Waals surface area contributed by atoms with Gasteiger partial charge in [-0.3, -0.25) is 10.1 Å². The van der Waals surface area contributed by atoms with Crippen molar-refractivity contribution in [2.75, 3.05) is 12.3 Å². The molecule has 0 spiro atoms. The highest BCUT2D eigenvalue weighted by Crippen LogP contribution is 2.26. The molecule has 1 aromatic rings. The van der Waals surface area contributed by atoms with Gasteiger partial charge >= 0.3 is 0 Å². The highest BCUT2D eigenvalue weighted by Gasteiger charge is 2.09. The number of nitrogens with zero attached hydrogens (tertiary/aromatic N) is 1. The molecular formula is C10H14N2O3. The zero-order valence-electron chi connectivity index (χ0n) is 8.60. The predicted octanol–water partition coefficient (Wildman–Crippen LogP) is 2.36. The minimum Gasteiger partial charge on any atom is -0.491 e. The first-order valence-electron chi connectivity index (χ1n) is 4.82. The second-order valence-corrected chi connectivity index (χ2v) is 3.18. The van der Waals surface area contributed by atoms with Crippen molar-refractivity contribution in [3.63, 3.8) is 0 Å². The van der Waals surface area contributed by atoms with Crippen LogP contribution in [0.4, 0.5) is 11.4 Å². The number of nitro benzene ring substituents is 1. The van der Waals surface area contributed by atoms with Gasteiger partial charge in [0.1, 0.15) is 5.75 Å². The van der Waals surface area contributed by atoms with Gasteiger partial charge in [0.2, 0.25) is 0 Å². The van der Waals surface area contributed by atoms with Gasteiger partial charge in [-0.25, -0.2) is 0 Å². The fraction of sp³-hybridized carbons (Fsp3) is 0.400. The van der Waals surface area contributed by atoms with Gasteiger partial charge in [-0.05, 0) is 12.5 Å². The summed E-state index contributed by atoms with van der Waals surface area (Å²) >= 11 is 0. The van der Waals surface area contributed by atoms with Crippen LogP contribution in [0.5, 0.6) is 5.75 Å². The molecule has 0 aliphatic carbocycles. The van der Waals surface area contributed by atoms with Crippen molar-refractivity contribution in [1.82, 2.24) is 0 Å². The summed E-state index contributed by atoms with van der Waals surface area (Å²) in [6.07, 6.45) is 1.91. The van der Waals surface area contributed by atoms with Crippen LogP contribution in [0, 0.1) is 10.1 Å². The summed E-state index contributed by atoms with van der Waals surface area (Å²) in [7, 11) is 0. The van der Waals surface area contributed by atoms with Crippen LogP contribution in [0.3, 0.4) is 0 Å². The molecule has 5 nitrogen and oxygen atoms in total. The normalized spacial score (nSPS) is 9.93. The number of benzene rings is 1. The van der Waals surface area contributed by atoms with Crippen molar-refractivity contribution >= 4 is 11.4 Å². The van der Waals surface area contributed by atoms with E-state index < -0.39 is 4.92 Å². The second kappa shape index (κ2) is 5.19. The van der Waals surface area contributed by atoms with E-state index in [4.69, 9.17) is 10.5 Å². The van der Waals surface area contributed by atoms with Gasteiger partial charge in [0.15, 0.2) is 0 Å². The van der Waals surface area contributed by atoms with Crippen LogP contribution in [-0.2, 0) is 0 Å². The highest BCUT2D eigenvalue weighted by molar-refractivity contribution is 5.57. The highest BCUT2D eigenvalue weighted by atomic mass is 16.6. The van der Waals surface area contributed by atoms with Crippen LogP contribution < -0.4 is 10.5 Å². The van der Waals surface area contributed by atoms with Crippen LogP contribution >= 0.6 is 0 Å². The predicted molar refractivity (Wildman–Crippen MR) is 57.9 cm³/mol. The Hall–Kier alpha value is -1.78. The third-order valence-corrected chi connectivity index (χ3v) is 1.96. The molecule has 0 unspecified atom stereocenters. The van der Waals surface area contributed by atoms with Crippen LogP contribution in [0.1, 0.15) is 19.8 Å². The molecule has 0 aliphatic rings. The van der Waals surface area contributed by atoms with Crippen LogP contribution in [-0.4, -0.2) is 11.5 Å². The van der Waals surface area contributed by atoms with E-state index in [0.717, 1.165) is 12.8 Å². The molecule has 1 aromatic carbocycles. The molecule has 0 atom stereocenters. The van der Waals surface area contributed by atoms with Crippen molar-refractivity contribution < 1.29 is 9.66 Å². The summed E-state index contributed by atoms with van der Waals surface area (Å²) in [6, 6.07) is 4.20. The zero-order valence-corrected chi connectivity index (χ0v) is 8.60. The van der Waals surface area contributed by atoms with Crippen LogP contribution in [0.15, 0.2) is 18.2 Å². The third kappa shape index (κ3) is 3.12. The number of ether oxygens (including phenoxy) is 1. The SMILES string of the molecule is CCCCOc1cc([N+](=O)[O-])ccc1N. The average Bonchev–Trinajstić information content (AvgIpc) is 2.20. The molecule has 0 aromatic heterocycles. The Morgan fingerprint density at radius 3 is 2.87 bits per heavy atom. The fourth-order valence-corrected chi connectivity index (χ4v) is 1.09. The number of rotatable bonds is 5. The van der Waals surface area contributed by atoms with Gasteiger partial charge in [0.25, 0.3) is 5.69 Å². The van der Waals surface area contributed by atoms with E-state index in [-0.39, 0.29) is 5.69 Å². The van der Waals surface area contributed by atoms with Crippen molar-refractivity contribution in [3.05, 3.63) is 28.3 Å². The van der Waals surface area contributed by atoms with Gasteiger partial charge in [0.05, 0.1) is 23.3 Å². The number of nitrogen functional groups attached to an aromatic ring is 1. The molecule has 1 rings (SSSR count). The quantitative estimate of drug-likeness (QED) is 0.350. The Morgan fingerprint density at radius 2 is 2.27 bits per heavy atom. The number of unbranched alkanes of at least 4 members (excludes halogenated alkanes) is 1. The smallest absolute Gasteiger partial charge is 0.273 e. The summed E-state index contributed by atoms with van der Waals surface area (Å²) < 4.78 is 5.34. The number of non-ortho nitro benzene ring substituents is 1. The van der Waals surface area contributed by atoms with E-state index in [1.807, 2.05) is 6.92 Å².